The molecule has 3 N–H and O–H groups in total. The Labute approximate surface area is 84.8 Å². The van der Waals surface area contributed by atoms with Crippen LogP contribution < -0.4 is 11.1 Å². The van der Waals surface area contributed by atoms with E-state index in [9.17, 15) is 4.79 Å². The third-order valence-electron chi connectivity index (χ3n) is 2.68. The van der Waals surface area contributed by atoms with E-state index in [4.69, 9.17) is 12.2 Å². The SMILES string of the molecule is C#CCNC(=O)CN1CCC(N)C1C. The molecule has 0 saturated carbocycles. The molecule has 1 saturated heterocycles. The van der Waals surface area contributed by atoms with Crippen LogP contribution in [0.3, 0.4) is 0 Å². The zero-order valence-corrected chi connectivity index (χ0v) is 8.49. The zero-order valence-electron chi connectivity index (χ0n) is 8.49. The summed E-state index contributed by atoms with van der Waals surface area (Å²) in [5.74, 6) is 2.34. The van der Waals surface area contributed by atoms with Crippen molar-refractivity contribution in [3.05, 3.63) is 0 Å². The third-order valence-corrected chi connectivity index (χ3v) is 2.68. The average molecular weight is 195 g/mol. The van der Waals surface area contributed by atoms with E-state index in [-0.39, 0.29) is 18.0 Å². The molecule has 2 atom stereocenters. The van der Waals surface area contributed by atoms with E-state index in [0.717, 1.165) is 13.0 Å². The number of carbonyl (C=O) groups is 1. The Balaban J connectivity index is 2.31. The molecular formula is C10H17N3O. The predicted molar refractivity (Wildman–Crippen MR) is 55.5 cm³/mol. The fraction of sp³-hybridized carbons (Fsp3) is 0.700. The standard InChI is InChI=1S/C10H17N3O/c1-3-5-12-10(14)7-13-6-4-9(11)8(13)2/h1,8-9H,4-7,11H2,2H3,(H,12,14). The lowest BCUT2D eigenvalue weighted by Gasteiger charge is -2.21. The quantitative estimate of drug-likeness (QED) is 0.577. The first kappa shape index (κ1) is 11.0. The summed E-state index contributed by atoms with van der Waals surface area (Å²) in [6, 6.07) is 0.474. The Morgan fingerprint density at radius 2 is 2.50 bits per heavy atom. The molecule has 0 spiro atoms. The van der Waals surface area contributed by atoms with Gasteiger partial charge in [0.1, 0.15) is 0 Å². The van der Waals surface area contributed by atoms with E-state index in [1.165, 1.54) is 0 Å². The second kappa shape index (κ2) is 4.99. The van der Waals surface area contributed by atoms with Crippen molar-refractivity contribution >= 4 is 5.91 Å². The second-order valence-corrected chi connectivity index (χ2v) is 3.64. The van der Waals surface area contributed by atoms with E-state index < -0.39 is 0 Å². The number of nitrogens with zero attached hydrogens (tertiary/aromatic N) is 1. The zero-order chi connectivity index (χ0) is 10.6. The molecule has 1 aliphatic heterocycles. The smallest absolute Gasteiger partial charge is 0.234 e. The van der Waals surface area contributed by atoms with Gasteiger partial charge in [0.05, 0.1) is 13.1 Å². The summed E-state index contributed by atoms with van der Waals surface area (Å²) in [7, 11) is 0. The summed E-state index contributed by atoms with van der Waals surface area (Å²) in [6.45, 7) is 3.64. The van der Waals surface area contributed by atoms with Crippen LogP contribution in [-0.2, 0) is 4.79 Å². The molecule has 14 heavy (non-hydrogen) atoms. The first-order valence-corrected chi connectivity index (χ1v) is 4.85. The summed E-state index contributed by atoms with van der Waals surface area (Å²) < 4.78 is 0. The van der Waals surface area contributed by atoms with Crippen LogP contribution in [0.5, 0.6) is 0 Å². The van der Waals surface area contributed by atoms with E-state index in [1.807, 2.05) is 6.92 Å². The lowest BCUT2D eigenvalue weighted by atomic mass is 10.2. The minimum atomic E-state index is -0.0242. The van der Waals surface area contributed by atoms with E-state index in [0.29, 0.717) is 13.1 Å². The normalized spacial score (nSPS) is 27.2. The monoisotopic (exact) mass is 195 g/mol. The third kappa shape index (κ3) is 2.72. The van der Waals surface area contributed by atoms with Gasteiger partial charge < -0.3 is 11.1 Å². The van der Waals surface area contributed by atoms with Gasteiger partial charge in [-0.25, -0.2) is 0 Å². The minimum absolute atomic E-state index is 0.0242. The number of terminal acetylenes is 1. The Hall–Kier alpha value is -1.05. The van der Waals surface area contributed by atoms with Crippen molar-refractivity contribution in [2.24, 2.45) is 5.73 Å². The number of likely N-dealkylation sites (tertiary alicyclic amines) is 1. The van der Waals surface area contributed by atoms with Gasteiger partial charge in [0, 0.05) is 18.6 Å². The molecule has 1 rings (SSSR count). The molecule has 0 aliphatic carbocycles. The number of nitrogens with two attached hydrogens (primary N) is 1. The molecule has 4 heteroatoms. The summed E-state index contributed by atoms with van der Waals surface area (Å²) >= 11 is 0. The van der Waals surface area contributed by atoms with Crippen LogP contribution in [0.25, 0.3) is 0 Å². The summed E-state index contributed by atoms with van der Waals surface area (Å²) in [6.07, 6.45) is 6.00. The lowest BCUT2D eigenvalue weighted by Crippen LogP contribution is -2.42. The predicted octanol–water partition coefficient (Wildman–Crippen LogP) is -0.843. The summed E-state index contributed by atoms with van der Waals surface area (Å²) in [5.41, 5.74) is 5.84. The Kier molecular flexibility index (Phi) is 3.93. The molecule has 1 aliphatic rings. The molecule has 0 aromatic heterocycles. The van der Waals surface area contributed by atoms with Crippen LogP contribution in [0.15, 0.2) is 0 Å². The van der Waals surface area contributed by atoms with Crippen LogP contribution in [-0.4, -0.2) is 42.5 Å². The van der Waals surface area contributed by atoms with Gasteiger partial charge in [-0.3, -0.25) is 9.69 Å². The highest BCUT2D eigenvalue weighted by Gasteiger charge is 2.28. The molecular weight excluding hydrogens is 178 g/mol. The second-order valence-electron chi connectivity index (χ2n) is 3.64. The van der Waals surface area contributed by atoms with Gasteiger partial charge in [-0.2, -0.15) is 0 Å². The van der Waals surface area contributed by atoms with Crippen molar-refractivity contribution in [2.75, 3.05) is 19.6 Å². The number of rotatable bonds is 3. The van der Waals surface area contributed by atoms with Gasteiger partial charge in [-0.05, 0) is 13.3 Å². The van der Waals surface area contributed by atoms with Gasteiger partial charge >= 0.3 is 0 Å². The van der Waals surface area contributed by atoms with E-state index in [2.05, 4.69) is 16.1 Å². The lowest BCUT2D eigenvalue weighted by molar-refractivity contribution is -0.122. The molecule has 1 heterocycles. The number of carbonyl (C=O) groups excluding carboxylic acids is 1. The van der Waals surface area contributed by atoms with Crippen molar-refractivity contribution in [3.63, 3.8) is 0 Å². The van der Waals surface area contributed by atoms with Crippen LogP contribution in [0.2, 0.25) is 0 Å². The minimum Gasteiger partial charge on any atom is -0.344 e. The maximum Gasteiger partial charge on any atom is 0.234 e. The van der Waals surface area contributed by atoms with Gasteiger partial charge in [0.15, 0.2) is 0 Å². The van der Waals surface area contributed by atoms with Crippen molar-refractivity contribution in [3.8, 4) is 12.3 Å². The van der Waals surface area contributed by atoms with Crippen molar-refractivity contribution in [2.45, 2.75) is 25.4 Å². The molecule has 2 unspecified atom stereocenters. The molecule has 4 nitrogen and oxygen atoms in total. The van der Waals surface area contributed by atoms with Crippen LogP contribution in [0.4, 0.5) is 0 Å². The number of hydrogen-bond donors (Lipinski definition) is 2. The van der Waals surface area contributed by atoms with Crippen LogP contribution in [0, 0.1) is 12.3 Å². The van der Waals surface area contributed by atoms with Crippen LogP contribution >= 0.6 is 0 Å². The molecule has 1 fully saturated rings. The first-order chi connectivity index (χ1) is 6.65. The van der Waals surface area contributed by atoms with E-state index >= 15 is 0 Å². The maximum absolute atomic E-state index is 11.3. The Morgan fingerprint density at radius 3 is 3.00 bits per heavy atom. The van der Waals surface area contributed by atoms with Crippen molar-refractivity contribution in [1.29, 1.82) is 0 Å². The highest BCUT2D eigenvalue weighted by atomic mass is 16.2. The fourth-order valence-corrected chi connectivity index (χ4v) is 1.64. The van der Waals surface area contributed by atoms with Crippen molar-refractivity contribution < 1.29 is 4.79 Å². The first-order valence-electron chi connectivity index (χ1n) is 4.85. The fourth-order valence-electron chi connectivity index (χ4n) is 1.64. The highest BCUT2D eigenvalue weighted by Crippen LogP contribution is 2.14. The average Bonchev–Trinajstić information content (AvgIpc) is 2.46. The molecule has 78 valence electrons. The molecule has 0 radical (unpaired) electrons. The number of amides is 1. The van der Waals surface area contributed by atoms with Crippen LogP contribution in [0.1, 0.15) is 13.3 Å². The summed E-state index contributed by atoms with van der Waals surface area (Å²) in [4.78, 5) is 13.4. The van der Waals surface area contributed by atoms with Crippen molar-refractivity contribution in [1.82, 2.24) is 10.2 Å². The molecule has 0 bridgehead atoms. The largest absolute Gasteiger partial charge is 0.344 e. The highest BCUT2D eigenvalue weighted by molar-refractivity contribution is 5.78. The Bertz CT molecular complexity index is 246. The topological polar surface area (TPSA) is 58.4 Å². The number of hydrogen-bond acceptors (Lipinski definition) is 3. The maximum atomic E-state index is 11.3. The molecule has 0 aromatic rings. The van der Waals surface area contributed by atoms with Gasteiger partial charge in [0.25, 0.3) is 0 Å². The molecule has 0 aromatic carbocycles. The van der Waals surface area contributed by atoms with Gasteiger partial charge in [-0.1, -0.05) is 5.92 Å². The molecule has 1 amide bonds. The van der Waals surface area contributed by atoms with Gasteiger partial charge in [0.2, 0.25) is 5.91 Å². The number of nitrogens with one attached hydrogen (secondary N) is 1. The Morgan fingerprint density at radius 1 is 1.79 bits per heavy atom. The van der Waals surface area contributed by atoms with Gasteiger partial charge in [-0.15, -0.1) is 6.42 Å². The van der Waals surface area contributed by atoms with E-state index in [1.54, 1.807) is 0 Å². The summed E-state index contributed by atoms with van der Waals surface area (Å²) in [5, 5.41) is 2.64.